The van der Waals surface area contributed by atoms with Gasteiger partial charge in [0.15, 0.2) is 5.78 Å². The summed E-state index contributed by atoms with van der Waals surface area (Å²) in [5.74, 6) is 2.51. The van der Waals surface area contributed by atoms with Gasteiger partial charge < -0.3 is 9.64 Å². The van der Waals surface area contributed by atoms with Crippen LogP contribution in [0.3, 0.4) is 0 Å². The van der Waals surface area contributed by atoms with Crippen LogP contribution in [0.25, 0.3) is 0 Å². The van der Waals surface area contributed by atoms with Crippen LogP contribution in [0.5, 0.6) is 5.75 Å². The van der Waals surface area contributed by atoms with Gasteiger partial charge in [-0.3, -0.25) is 4.79 Å². The lowest BCUT2D eigenvalue weighted by atomic mass is 9.92. The van der Waals surface area contributed by atoms with Gasteiger partial charge in [-0.25, -0.2) is 0 Å². The quantitative estimate of drug-likeness (QED) is 0.620. The van der Waals surface area contributed by atoms with E-state index in [1.165, 1.54) is 32.5 Å². The number of piperidine rings is 1. The lowest BCUT2D eigenvalue weighted by Crippen LogP contribution is -3.14. The molecule has 1 fully saturated rings. The Balaban J connectivity index is 1.68. The molecule has 1 aromatic carbocycles. The highest BCUT2D eigenvalue weighted by Crippen LogP contribution is 2.18. The molecule has 3 atom stereocenters. The van der Waals surface area contributed by atoms with Crippen molar-refractivity contribution in [2.45, 2.75) is 40.0 Å². The number of carbonyl (C=O) groups is 1. The molecule has 1 saturated heterocycles. The molecule has 1 unspecified atom stereocenters. The van der Waals surface area contributed by atoms with Crippen LogP contribution in [-0.4, -0.2) is 32.0 Å². The Hall–Kier alpha value is -1.35. The molecule has 122 valence electrons. The number of benzene rings is 1. The van der Waals surface area contributed by atoms with Crippen molar-refractivity contribution < 1.29 is 14.4 Å². The van der Waals surface area contributed by atoms with Crippen molar-refractivity contribution in [3.63, 3.8) is 0 Å². The van der Waals surface area contributed by atoms with E-state index in [1.54, 1.807) is 11.8 Å². The Labute approximate surface area is 134 Å². The molecular weight excluding hydrogens is 274 g/mol. The molecule has 3 nitrogen and oxygen atoms in total. The molecule has 2 rings (SSSR count). The number of likely N-dealkylation sites (tertiary alicyclic amines) is 1. The van der Waals surface area contributed by atoms with Gasteiger partial charge in [-0.15, -0.1) is 0 Å². The summed E-state index contributed by atoms with van der Waals surface area (Å²) in [5.41, 5.74) is 0.687. The summed E-state index contributed by atoms with van der Waals surface area (Å²) in [4.78, 5) is 13.3. The van der Waals surface area contributed by atoms with Crippen molar-refractivity contribution in [2.24, 2.45) is 11.8 Å². The highest BCUT2D eigenvalue weighted by Gasteiger charge is 2.24. The molecule has 1 aliphatic heterocycles. The number of carbonyl (C=O) groups excluding carboxylic acids is 1. The fourth-order valence-electron chi connectivity index (χ4n) is 3.67. The van der Waals surface area contributed by atoms with Gasteiger partial charge in [0, 0.05) is 11.8 Å². The average molecular weight is 304 g/mol. The zero-order valence-electron chi connectivity index (χ0n) is 14.2. The SMILES string of the molecule is CC(=O)c1ccccc1OCCCC[NH+]1C[C@H](C)C[C@H](C)C1. The third-order valence-electron chi connectivity index (χ3n) is 4.53. The number of Topliss-reactive ketones (excluding diaryl/α,β-unsaturated/α-hetero) is 1. The number of rotatable bonds is 7. The minimum atomic E-state index is 0.0661. The predicted octanol–water partition coefficient (Wildman–Crippen LogP) is 2.61. The Morgan fingerprint density at radius 1 is 1.18 bits per heavy atom. The van der Waals surface area contributed by atoms with Crippen LogP contribution in [0.15, 0.2) is 24.3 Å². The second-order valence-electron chi connectivity index (χ2n) is 6.96. The van der Waals surface area contributed by atoms with Crippen molar-refractivity contribution in [1.82, 2.24) is 0 Å². The molecule has 0 bridgehead atoms. The molecule has 0 spiro atoms. The van der Waals surface area contributed by atoms with Crippen LogP contribution in [0, 0.1) is 11.8 Å². The first-order chi connectivity index (χ1) is 10.6. The molecule has 0 amide bonds. The van der Waals surface area contributed by atoms with E-state index in [1.807, 2.05) is 24.3 Å². The molecule has 0 aliphatic carbocycles. The van der Waals surface area contributed by atoms with Gasteiger partial charge in [-0.1, -0.05) is 26.0 Å². The molecule has 22 heavy (non-hydrogen) atoms. The summed E-state index contributed by atoms with van der Waals surface area (Å²) < 4.78 is 5.80. The maximum Gasteiger partial charge on any atom is 0.163 e. The lowest BCUT2D eigenvalue weighted by molar-refractivity contribution is -0.912. The lowest BCUT2D eigenvalue weighted by Gasteiger charge is -2.32. The van der Waals surface area contributed by atoms with Crippen LogP contribution >= 0.6 is 0 Å². The second-order valence-corrected chi connectivity index (χ2v) is 6.96. The number of quaternary nitrogens is 1. The van der Waals surface area contributed by atoms with E-state index in [2.05, 4.69) is 13.8 Å². The topological polar surface area (TPSA) is 30.7 Å². The van der Waals surface area contributed by atoms with E-state index in [0.717, 1.165) is 24.0 Å². The van der Waals surface area contributed by atoms with E-state index in [-0.39, 0.29) is 5.78 Å². The number of para-hydroxylation sites is 1. The largest absolute Gasteiger partial charge is 0.493 e. The van der Waals surface area contributed by atoms with E-state index in [0.29, 0.717) is 12.2 Å². The maximum absolute atomic E-state index is 11.5. The van der Waals surface area contributed by atoms with Gasteiger partial charge in [0.2, 0.25) is 0 Å². The van der Waals surface area contributed by atoms with Crippen LogP contribution in [0.1, 0.15) is 50.4 Å². The fraction of sp³-hybridized carbons (Fsp3) is 0.632. The number of unbranched alkanes of at least 4 members (excludes halogenated alkanes) is 1. The molecule has 1 N–H and O–H groups in total. The van der Waals surface area contributed by atoms with Crippen molar-refractivity contribution in [3.8, 4) is 5.75 Å². The second kappa shape index (κ2) is 8.33. The number of ketones is 1. The van der Waals surface area contributed by atoms with Gasteiger partial charge in [0.05, 0.1) is 31.8 Å². The van der Waals surface area contributed by atoms with Crippen LogP contribution in [0.2, 0.25) is 0 Å². The highest BCUT2D eigenvalue weighted by atomic mass is 16.5. The summed E-state index contributed by atoms with van der Waals surface area (Å²) in [6, 6.07) is 7.52. The van der Waals surface area contributed by atoms with E-state index in [4.69, 9.17) is 4.74 Å². The maximum atomic E-state index is 11.5. The number of nitrogens with one attached hydrogen (secondary N) is 1. The van der Waals surface area contributed by atoms with E-state index < -0.39 is 0 Å². The normalized spacial score (nSPS) is 25.0. The van der Waals surface area contributed by atoms with Gasteiger partial charge in [-0.2, -0.15) is 0 Å². The first kappa shape index (κ1) is 17.0. The average Bonchev–Trinajstić information content (AvgIpc) is 2.46. The number of hydrogen-bond donors (Lipinski definition) is 1. The Kier molecular flexibility index (Phi) is 6.44. The molecular formula is C19H30NO2+. The predicted molar refractivity (Wildman–Crippen MR) is 89.7 cm³/mol. The Bertz CT molecular complexity index is 476. The molecule has 1 aromatic rings. The van der Waals surface area contributed by atoms with E-state index in [9.17, 15) is 4.79 Å². The summed E-state index contributed by atoms with van der Waals surface area (Å²) in [6.07, 6.45) is 3.63. The highest BCUT2D eigenvalue weighted by molar-refractivity contribution is 5.96. The zero-order valence-corrected chi connectivity index (χ0v) is 14.2. The fourth-order valence-corrected chi connectivity index (χ4v) is 3.67. The third kappa shape index (κ3) is 5.13. The molecule has 0 aromatic heterocycles. The minimum Gasteiger partial charge on any atom is -0.493 e. The Morgan fingerprint density at radius 2 is 1.86 bits per heavy atom. The van der Waals surface area contributed by atoms with E-state index >= 15 is 0 Å². The monoisotopic (exact) mass is 304 g/mol. The first-order valence-electron chi connectivity index (χ1n) is 8.62. The zero-order chi connectivity index (χ0) is 15.9. The van der Waals surface area contributed by atoms with Gasteiger partial charge >= 0.3 is 0 Å². The van der Waals surface area contributed by atoms with Crippen molar-refractivity contribution in [3.05, 3.63) is 29.8 Å². The minimum absolute atomic E-state index is 0.0661. The molecule has 0 radical (unpaired) electrons. The summed E-state index contributed by atoms with van der Waals surface area (Å²) in [5, 5.41) is 0. The van der Waals surface area contributed by atoms with Crippen molar-refractivity contribution in [2.75, 3.05) is 26.2 Å². The van der Waals surface area contributed by atoms with Crippen molar-refractivity contribution >= 4 is 5.78 Å². The Morgan fingerprint density at radius 3 is 2.55 bits per heavy atom. The van der Waals surface area contributed by atoms with Gasteiger partial charge in [-0.05, 0) is 38.3 Å². The summed E-state index contributed by atoms with van der Waals surface area (Å²) >= 11 is 0. The summed E-state index contributed by atoms with van der Waals surface area (Å²) in [6.45, 7) is 10.9. The smallest absolute Gasteiger partial charge is 0.163 e. The van der Waals surface area contributed by atoms with Gasteiger partial charge in [0.25, 0.3) is 0 Å². The first-order valence-corrected chi connectivity index (χ1v) is 8.62. The van der Waals surface area contributed by atoms with Gasteiger partial charge in [0.1, 0.15) is 5.75 Å². The number of hydrogen-bond acceptors (Lipinski definition) is 2. The van der Waals surface area contributed by atoms with Crippen LogP contribution < -0.4 is 9.64 Å². The summed E-state index contributed by atoms with van der Waals surface area (Å²) in [7, 11) is 0. The number of ether oxygens (including phenoxy) is 1. The van der Waals surface area contributed by atoms with Crippen LogP contribution in [0.4, 0.5) is 0 Å². The van der Waals surface area contributed by atoms with Crippen LogP contribution in [-0.2, 0) is 0 Å². The molecule has 1 heterocycles. The molecule has 0 saturated carbocycles. The molecule has 3 heteroatoms. The van der Waals surface area contributed by atoms with Crippen molar-refractivity contribution in [1.29, 1.82) is 0 Å². The molecule has 1 aliphatic rings. The third-order valence-corrected chi connectivity index (χ3v) is 4.53. The standard InChI is InChI=1S/C19H29NO2/c1-15-12-16(2)14-20(13-15)10-6-7-11-22-19-9-5-4-8-18(19)17(3)21/h4-5,8-9,15-16H,6-7,10-14H2,1-3H3/p+1/t15-,16+.